The van der Waals surface area contributed by atoms with E-state index in [9.17, 15) is 13.2 Å². The summed E-state index contributed by atoms with van der Waals surface area (Å²) in [5.41, 5.74) is 5.56. The number of nitrogens with zero attached hydrogens (tertiary/aromatic N) is 1. The molecule has 2 nitrogen and oxygen atoms in total. The van der Waals surface area contributed by atoms with Crippen LogP contribution in [0.2, 0.25) is 0 Å². The molecule has 124 valence electrons. The van der Waals surface area contributed by atoms with Crippen LogP contribution >= 0.6 is 0 Å². The third-order valence-corrected chi connectivity index (χ3v) is 5.87. The van der Waals surface area contributed by atoms with Crippen LogP contribution in [0, 0.1) is 17.8 Å². The number of nitrogens with two attached hydrogens (primary N) is 1. The summed E-state index contributed by atoms with van der Waals surface area (Å²) in [7, 11) is 0. The Morgan fingerprint density at radius 1 is 1.24 bits per heavy atom. The molecule has 1 aliphatic carbocycles. The molecule has 5 heteroatoms. The number of alkyl halides is 3. The van der Waals surface area contributed by atoms with Crippen LogP contribution in [0.1, 0.15) is 52.9 Å². The van der Waals surface area contributed by atoms with Crippen molar-refractivity contribution in [3.63, 3.8) is 0 Å². The molecule has 21 heavy (non-hydrogen) atoms. The number of rotatable bonds is 2. The van der Waals surface area contributed by atoms with Gasteiger partial charge in [0.15, 0.2) is 0 Å². The van der Waals surface area contributed by atoms with Gasteiger partial charge in [0.2, 0.25) is 0 Å². The maximum atomic E-state index is 13.2. The zero-order valence-corrected chi connectivity index (χ0v) is 13.4. The maximum Gasteiger partial charge on any atom is 0.391 e. The molecule has 2 rings (SSSR count). The van der Waals surface area contributed by atoms with Gasteiger partial charge >= 0.3 is 6.18 Å². The van der Waals surface area contributed by atoms with E-state index in [4.69, 9.17) is 5.73 Å². The molecule has 0 aromatic carbocycles. The summed E-state index contributed by atoms with van der Waals surface area (Å²) < 4.78 is 39.5. The van der Waals surface area contributed by atoms with E-state index in [0.717, 1.165) is 19.4 Å². The summed E-state index contributed by atoms with van der Waals surface area (Å²) in [5, 5.41) is 0. The maximum absolute atomic E-state index is 13.2. The molecule has 2 aliphatic rings. The molecule has 1 aliphatic heterocycles. The number of hydrogen-bond donors (Lipinski definition) is 1. The summed E-state index contributed by atoms with van der Waals surface area (Å²) in [6, 6.07) is 0.316. The van der Waals surface area contributed by atoms with Gasteiger partial charge in [0, 0.05) is 24.7 Å². The Morgan fingerprint density at radius 2 is 1.90 bits per heavy atom. The zero-order chi connectivity index (χ0) is 15.8. The zero-order valence-electron chi connectivity index (χ0n) is 13.4. The Labute approximate surface area is 126 Å². The normalized spacial score (nSPS) is 43.0. The first-order chi connectivity index (χ1) is 9.69. The lowest BCUT2D eigenvalue weighted by Gasteiger charge is -2.55. The highest BCUT2D eigenvalue weighted by Crippen LogP contribution is 2.46. The molecule has 1 heterocycles. The van der Waals surface area contributed by atoms with Crippen LogP contribution in [0.15, 0.2) is 0 Å². The van der Waals surface area contributed by atoms with Crippen molar-refractivity contribution in [3.05, 3.63) is 0 Å². The Kier molecular flexibility index (Phi) is 4.94. The van der Waals surface area contributed by atoms with E-state index < -0.39 is 17.6 Å². The number of likely N-dealkylation sites (tertiary alicyclic amines) is 1. The smallest absolute Gasteiger partial charge is 0.329 e. The lowest BCUT2D eigenvalue weighted by atomic mass is 9.71. The summed E-state index contributed by atoms with van der Waals surface area (Å²) >= 11 is 0. The van der Waals surface area contributed by atoms with Crippen molar-refractivity contribution in [2.75, 3.05) is 13.1 Å². The second kappa shape index (κ2) is 6.07. The molecule has 1 saturated heterocycles. The first kappa shape index (κ1) is 17.1. The number of piperidine rings is 1. The molecule has 0 bridgehead atoms. The van der Waals surface area contributed by atoms with E-state index >= 15 is 0 Å². The van der Waals surface area contributed by atoms with Crippen molar-refractivity contribution < 1.29 is 13.2 Å². The highest BCUT2D eigenvalue weighted by Gasteiger charge is 2.51. The topological polar surface area (TPSA) is 29.3 Å². The Balaban J connectivity index is 2.23. The Morgan fingerprint density at radius 3 is 2.48 bits per heavy atom. The van der Waals surface area contributed by atoms with Crippen molar-refractivity contribution in [1.29, 1.82) is 0 Å². The Bertz CT molecular complexity index is 358. The fraction of sp³-hybridized carbons (Fsp3) is 1.00. The van der Waals surface area contributed by atoms with Crippen LogP contribution in [0.5, 0.6) is 0 Å². The molecule has 1 saturated carbocycles. The highest BCUT2D eigenvalue weighted by molar-refractivity contribution is 5.02. The van der Waals surface area contributed by atoms with Gasteiger partial charge in [-0.3, -0.25) is 4.90 Å². The van der Waals surface area contributed by atoms with E-state index in [2.05, 4.69) is 25.7 Å². The molecule has 0 aromatic rings. The summed E-state index contributed by atoms with van der Waals surface area (Å²) in [6.07, 6.45) is -1.05. The lowest BCUT2D eigenvalue weighted by Crippen LogP contribution is -2.63. The van der Waals surface area contributed by atoms with E-state index in [0.29, 0.717) is 30.8 Å². The molecule has 2 fully saturated rings. The van der Waals surface area contributed by atoms with Gasteiger partial charge in [-0.05, 0) is 44.4 Å². The SMILES string of the molecule is CC1CC(C)C(C)N(C2(CN)CCCC(C(F)(F)F)C2)C1. The summed E-state index contributed by atoms with van der Waals surface area (Å²) in [6.45, 7) is 7.78. The van der Waals surface area contributed by atoms with Crippen LogP contribution in [0.3, 0.4) is 0 Å². The van der Waals surface area contributed by atoms with Gasteiger partial charge in [-0.15, -0.1) is 0 Å². The summed E-state index contributed by atoms with van der Waals surface area (Å²) in [4.78, 5) is 2.32. The van der Waals surface area contributed by atoms with Crippen molar-refractivity contribution in [3.8, 4) is 0 Å². The van der Waals surface area contributed by atoms with Gasteiger partial charge in [0.25, 0.3) is 0 Å². The minimum Gasteiger partial charge on any atom is -0.329 e. The third kappa shape index (κ3) is 3.39. The molecular formula is C16H29F3N2. The van der Waals surface area contributed by atoms with Gasteiger partial charge in [0.05, 0.1) is 5.92 Å². The van der Waals surface area contributed by atoms with Gasteiger partial charge in [-0.1, -0.05) is 20.3 Å². The quantitative estimate of drug-likeness (QED) is 0.841. The van der Waals surface area contributed by atoms with Crippen LogP contribution in [0.4, 0.5) is 13.2 Å². The number of hydrogen-bond acceptors (Lipinski definition) is 2. The average Bonchev–Trinajstić information content (AvgIpc) is 2.42. The predicted octanol–water partition coefficient (Wildman–Crippen LogP) is 3.80. The van der Waals surface area contributed by atoms with Gasteiger partial charge in [-0.25, -0.2) is 0 Å². The van der Waals surface area contributed by atoms with Crippen molar-refractivity contribution >= 4 is 0 Å². The van der Waals surface area contributed by atoms with E-state index in [1.54, 1.807) is 0 Å². The van der Waals surface area contributed by atoms with E-state index in [1.807, 2.05) is 0 Å². The molecule has 2 N–H and O–H groups in total. The minimum absolute atomic E-state index is 0.177. The molecule has 0 aromatic heterocycles. The molecule has 0 amide bonds. The van der Waals surface area contributed by atoms with Crippen LogP contribution in [-0.2, 0) is 0 Å². The minimum atomic E-state index is -4.09. The van der Waals surface area contributed by atoms with E-state index in [-0.39, 0.29) is 12.8 Å². The van der Waals surface area contributed by atoms with Crippen molar-refractivity contribution in [2.24, 2.45) is 23.5 Å². The first-order valence-electron chi connectivity index (χ1n) is 8.23. The molecular weight excluding hydrogens is 277 g/mol. The van der Waals surface area contributed by atoms with Crippen LogP contribution in [0.25, 0.3) is 0 Å². The number of halogens is 3. The fourth-order valence-corrected chi connectivity index (χ4v) is 4.52. The summed E-state index contributed by atoms with van der Waals surface area (Å²) in [5.74, 6) is -0.135. The second-order valence-electron chi connectivity index (χ2n) is 7.47. The van der Waals surface area contributed by atoms with Crippen molar-refractivity contribution in [1.82, 2.24) is 4.90 Å². The standard InChI is InChI=1S/C16H29F3N2/c1-11-7-12(2)13(3)21(9-11)15(10-20)6-4-5-14(8-15)16(17,18)19/h11-14H,4-10,20H2,1-3H3. The van der Waals surface area contributed by atoms with Gasteiger partial charge < -0.3 is 5.73 Å². The monoisotopic (exact) mass is 306 g/mol. The third-order valence-electron chi connectivity index (χ3n) is 5.87. The van der Waals surface area contributed by atoms with Gasteiger partial charge in [-0.2, -0.15) is 13.2 Å². The lowest BCUT2D eigenvalue weighted by molar-refractivity contribution is -0.197. The Hall–Kier alpha value is -0.290. The first-order valence-corrected chi connectivity index (χ1v) is 8.23. The van der Waals surface area contributed by atoms with Crippen LogP contribution < -0.4 is 5.73 Å². The predicted molar refractivity (Wildman–Crippen MR) is 78.9 cm³/mol. The largest absolute Gasteiger partial charge is 0.391 e. The molecule has 0 spiro atoms. The molecule has 0 radical (unpaired) electrons. The highest BCUT2D eigenvalue weighted by atomic mass is 19.4. The average molecular weight is 306 g/mol. The fourth-order valence-electron chi connectivity index (χ4n) is 4.52. The van der Waals surface area contributed by atoms with Crippen LogP contribution in [-0.4, -0.2) is 35.7 Å². The molecule has 5 unspecified atom stereocenters. The molecule has 5 atom stereocenters. The van der Waals surface area contributed by atoms with Gasteiger partial charge in [0.1, 0.15) is 0 Å². The van der Waals surface area contributed by atoms with Crippen molar-refractivity contribution in [2.45, 2.75) is 70.6 Å². The van der Waals surface area contributed by atoms with E-state index in [1.165, 1.54) is 0 Å². The second-order valence-corrected chi connectivity index (χ2v) is 7.47.